The summed E-state index contributed by atoms with van der Waals surface area (Å²) in [5.41, 5.74) is 0.769. The summed E-state index contributed by atoms with van der Waals surface area (Å²) >= 11 is 2.73. The zero-order valence-electron chi connectivity index (χ0n) is 9.68. The van der Waals surface area contributed by atoms with Gasteiger partial charge in [0.15, 0.2) is 15.9 Å². The second-order valence-corrected chi connectivity index (χ2v) is 5.42. The largest absolute Gasteiger partial charge is 0.301 e. The number of aromatic nitrogens is 4. The van der Waals surface area contributed by atoms with Crippen LogP contribution in [0.2, 0.25) is 0 Å². The third-order valence-corrected chi connectivity index (χ3v) is 3.93. The summed E-state index contributed by atoms with van der Waals surface area (Å²) in [6, 6.07) is 5.66. The monoisotopic (exact) mass is 291 g/mol. The maximum absolute atomic E-state index is 11.7. The molecule has 1 N–H and O–H groups in total. The van der Waals surface area contributed by atoms with Crippen molar-refractivity contribution < 1.29 is 4.79 Å². The van der Waals surface area contributed by atoms with Gasteiger partial charge in [0.25, 0.3) is 0 Å². The van der Waals surface area contributed by atoms with Crippen LogP contribution < -0.4 is 5.32 Å². The van der Waals surface area contributed by atoms with Crippen LogP contribution in [0.5, 0.6) is 0 Å². The molecule has 0 fully saturated rings. The van der Waals surface area contributed by atoms with Gasteiger partial charge in [-0.05, 0) is 12.1 Å². The van der Waals surface area contributed by atoms with Crippen molar-refractivity contribution in [2.75, 3.05) is 11.1 Å². The Labute approximate surface area is 116 Å². The summed E-state index contributed by atoms with van der Waals surface area (Å²) in [4.78, 5) is 15.7. The average Bonchev–Trinajstić information content (AvgIpc) is 3.05. The second-order valence-electron chi connectivity index (χ2n) is 3.59. The van der Waals surface area contributed by atoms with Crippen LogP contribution in [0, 0.1) is 0 Å². The first-order valence-corrected chi connectivity index (χ1v) is 7.31. The van der Waals surface area contributed by atoms with Crippen LogP contribution in [0.1, 0.15) is 0 Å². The fourth-order valence-corrected chi connectivity index (χ4v) is 2.76. The molecule has 3 aromatic rings. The summed E-state index contributed by atoms with van der Waals surface area (Å²) in [6.45, 7) is 0. The number of nitrogens with one attached hydrogen (secondary N) is 1. The smallest absolute Gasteiger partial charge is 0.236 e. The fraction of sp³-hybridized carbons (Fsp3) is 0.0909. The lowest BCUT2D eigenvalue weighted by Gasteiger charge is -2.00. The van der Waals surface area contributed by atoms with Crippen molar-refractivity contribution in [1.29, 1.82) is 0 Å². The van der Waals surface area contributed by atoms with Crippen LogP contribution in [0.15, 0.2) is 41.1 Å². The third kappa shape index (κ3) is 2.74. The number of carbonyl (C=O) groups is 1. The maximum Gasteiger partial charge on any atom is 0.236 e. The molecule has 3 aromatic heterocycles. The Bertz CT molecular complexity index is 694. The Morgan fingerprint density at radius 2 is 2.37 bits per heavy atom. The van der Waals surface area contributed by atoms with Gasteiger partial charge in [-0.2, -0.15) is 0 Å². The van der Waals surface area contributed by atoms with Gasteiger partial charge in [0.2, 0.25) is 5.91 Å². The third-order valence-electron chi connectivity index (χ3n) is 2.29. The molecule has 6 nitrogen and oxygen atoms in total. The number of anilines is 1. The highest BCUT2D eigenvalue weighted by Gasteiger charge is 2.09. The first-order chi connectivity index (χ1) is 9.33. The van der Waals surface area contributed by atoms with Crippen molar-refractivity contribution in [3.63, 3.8) is 0 Å². The highest BCUT2D eigenvalue weighted by atomic mass is 32.2. The van der Waals surface area contributed by atoms with Crippen molar-refractivity contribution in [2.24, 2.45) is 0 Å². The lowest BCUT2D eigenvalue weighted by Crippen LogP contribution is -2.14. The molecule has 0 unspecified atom stereocenters. The van der Waals surface area contributed by atoms with E-state index in [-0.39, 0.29) is 11.7 Å². The predicted octanol–water partition coefficient (Wildman–Crippen LogP) is 1.92. The zero-order chi connectivity index (χ0) is 13.1. The number of pyridine rings is 1. The molecule has 19 heavy (non-hydrogen) atoms. The highest BCUT2D eigenvalue weighted by molar-refractivity contribution is 7.99. The van der Waals surface area contributed by atoms with E-state index in [0.717, 1.165) is 5.65 Å². The second kappa shape index (κ2) is 5.37. The van der Waals surface area contributed by atoms with E-state index in [2.05, 4.69) is 20.5 Å². The Kier molecular flexibility index (Phi) is 3.43. The number of thiazole rings is 1. The van der Waals surface area contributed by atoms with Gasteiger partial charge >= 0.3 is 0 Å². The molecule has 0 bridgehead atoms. The molecule has 0 aliphatic heterocycles. The number of carbonyl (C=O) groups excluding carboxylic acids is 1. The van der Waals surface area contributed by atoms with Gasteiger partial charge in [0, 0.05) is 17.8 Å². The number of hydrogen-bond acceptors (Lipinski definition) is 6. The summed E-state index contributed by atoms with van der Waals surface area (Å²) in [7, 11) is 0. The van der Waals surface area contributed by atoms with Crippen LogP contribution in [-0.2, 0) is 4.79 Å². The minimum Gasteiger partial charge on any atom is -0.301 e. The molecule has 3 heterocycles. The van der Waals surface area contributed by atoms with Gasteiger partial charge in [0.1, 0.15) is 0 Å². The maximum atomic E-state index is 11.7. The van der Waals surface area contributed by atoms with Crippen LogP contribution >= 0.6 is 23.1 Å². The minimum absolute atomic E-state index is 0.104. The van der Waals surface area contributed by atoms with E-state index in [4.69, 9.17) is 0 Å². The molecule has 0 radical (unpaired) electrons. The van der Waals surface area contributed by atoms with E-state index in [0.29, 0.717) is 10.3 Å². The van der Waals surface area contributed by atoms with Crippen molar-refractivity contribution in [2.45, 2.75) is 5.16 Å². The van der Waals surface area contributed by atoms with E-state index >= 15 is 0 Å². The molecule has 0 aliphatic rings. The van der Waals surface area contributed by atoms with Crippen LogP contribution in [0.25, 0.3) is 5.65 Å². The summed E-state index contributed by atoms with van der Waals surface area (Å²) in [5.74, 6) is 0.169. The lowest BCUT2D eigenvalue weighted by atomic mass is 10.5. The van der Waals surface area contributed by atoms with Gasteiger partial charge in [-0.15, -0.1) is 21.5 Å². The number of amides is 1. The standard InChI is InChI=1S/C11H9N5OS2/c17-9(13-10-12-4-6-18-10)7-19-11-15-14-8-3-1-2-5-16(8)11/h1-6H,7H2,(H,12,13,17). The van der Waals surface area contributed by atoms with E-state index < -0.39 is 0 Å². The topological polar surface area (TPSA) is 72.2 Å². The van der Waals surface area contributed by atoms with E-state index in [9.17, 15) is 4.79 Å². The van der Waals surface area contributed by atoms with Crippen molar-refractivity contribution >= 4 is 39.8 Å². The first kappa shape index (κ1) is 12.1. The molecule has 0 atom stereocenters. The summed E-state index contributed by atoms with van der Waals surface area (Å²) < 4.78 is 1.85. The molecule has 96 valence electrons. The van der Waals surface area contributed by atoms with Crippen LogP contribution in [0.3, 0.4) is 0 Å². The Hall–Kier alpha value is -1.93. The molecule has 0 spiro atoms. The molecular weight excluding hydrogens is 282 g/mol. The number of rotatable bonds is 4. The molecular formula is C11H9N5OS2. The van der Waals surface area contributed by atoms with Crippen LogP contribution in [0.4, 0.5) is 5.13 Å². The first-order valence-electron chi connectivity index (χ1n) is 5.45. The molecule has 0 aromatic carbocycles. The average molecular weight is 291 g/mol. The van der Waals surface area contributed by atoms with E-state index in [1.165, 1.54) is 23.1 Å². The van der Waals surface area contributed by atoms with Gasteiger partial charge in [-0.1, -0.05) is 17.8 Å². The lowest BCUT2D eigenvalue weighted by molar-refractivity contribution is -0.113. The fourth-order valence-electron chi connectivity index (χ4n) is 1.49. The van der Waals surface area contributed by atoms with E-state index in [1.54, 1.807) is 6.20 Å². The van der Waals surface area contributed by atoms with Gasteiger partial charge in [0.05, 0.1) is 5.75 Å². The minimum atomic E-state index is -0.104. The Balaban J connectivity index is 1.64. The summed E-state index contributed by atoms with van der Waals surface area (Å²) in [5, 5.41) is 13.9. The van der Waals surface area contributed by atoms with Crippen molar-refractivity contribution in [1.82, 2.24) is 19.6 Å². The highest BCUT2D eigenvalue weighted by Crippen LogP contribution is 2.17. The quantitative estimate of drug-likeness (QED) is 0.743. The normalized spacial score (nSPS) is 10.7. The van der Waals surface area contributed by atoms with E-state index in [1.807, 2.05) is 34.2 Å². The zero-order valence-corrected chi connectivity index (χ0v) is 11.3. The predicted molar refractivity (Wildman–Crippen MR) is 74.5 cm³/mol. The Morgan fingerprint density at radius 1 is 1.42 bits per heavy atom. The van der Waals surface area contributed by atoms with Crippen LogP contribution in [-0.4, -0.2) is 31.2 Å². The van der Waals surface area contributed by atoms with Gasteiger partial charge in [-0.3, -0.25) is 9.20 Å². The number of nitrogens with zero attached hydrogens (tertiary/aromatic N) is 4. The SMILES string of the molecule is O=C(CSc1nnc2ccccn12)Nc1nccs1. The molecule has 0 saturated heterocycles. The number of thioether (sulfide) groups is 1. The molecule has 0 aliphatic carbocycles. The molecule has 3 rings (SSSR count). The van der Waals surface area contributed by atoms with Crippen molar-refractivity contribution in [3.05, 3.63) is 36.0 Å². The Morgan fingerprint density at radius 3 is 3.21 bits per heavy atom. The molecule has 1 amide bonds. The van der Waals surface area contributed by atoms with Gasteiger partial charge in [-0.25, -0.2) is 4.98 Å². The summed E-state index contributed by atoms with van der Waals surface area (Å²) in [6.07, 6.45) is 3.52. The number of hydrogen-bond donors (Lipinski definition) is 1. The number of fused-ring (bicyclic) bond motifs is 1. The van der Waals surface area contributed by atoms with Crippen molar-refractivity contribution in [3.8, 4) is 0 Å². The molecule has 0 saturated carbocycles. The van der Waals surface area contributed by atoms with Gasteiger partial charge < -0.3 is 5.32 Å². The molecule has 8 heteroatoms.